The van der Waals surface area contributed by atoms with Gasteiger partial charge in [-0.1, -0.05) is 36.4 Å². The average Bonchev–Trinajstić information content (AvgIpc) is 2.54. The standard InChI is InChI=1S/C18H21NO2/c1-14-6-7-17(16-5-3-2-4-15(14)16)18(20)8-9-19-10-12-21-13-11-19/h2-7H,8-13H2,1H3. The quantitative estimate of drug-likeness (QED) is 0.808. The van der Waals surface area contributed by atoms with Gasteiger partial charge >= 0.3 is 0 Å². The minimum absolute atomic E-state index is 0.234. The predicted octanol–water partition coefficient (Wildman–Crippen LogP) is 3.05. The van der Waals surface area contributed by atoms with Gasteiger partial charge in [-0.25, -0.2) is 0 Å². The van der Waals surface area contributed by atoms with Crippen LogP contribution in [0.25, 0.3) is 10.8 Å². The highest BCUT2D eigenvalue weighted by Gasteiger charge is 2.15. The number of ketones is 1. The van der Waals surface area contributed by atoms with Gasteiger partial charge in [0.2, 0.25) is 0 Å². The fraction of sp³-hybridized carbons (Fsp3) is 0.389. The lowest BCUT2D eigenvalue weighted by atomic mass is 9.96. The number of carbonyl (C=O) groups is 1. The largest absolute Gasteiger partial charge is 0.379 e. The normalized spacial score (nSPS) is 16.2. The van der Waals surface area contributed by atoms with E-state index in [0.717, 1.165) is 43.8 Å². The fourth-order valence-electron chi connectivity index (χ4n) is 2.91. The van der Waals surface area contributed by atoms with E-state index in [9.17, 15) is 4.79 Å². The molecule has 3 rings (SSSR count). The summed E-state index contributed by atoms with van der Waals surface area (Å²) < 4.78 is 5.34. The van der Waals surface area contributed by atoms with Gasteiger partial charge in [0.25, 0.3) is 0 Å². The Hall–Kier alpha value is -1.71. The van der Waals surface area contributed by atoms with E-state index in [1.165, 1.54) is 10.9 Å². The summed E-state index contributed by atoms with van der Waals surface area (Å²) in [6, 6.07) is 12.2. The van der Waals surface area contributed by atoms with Crippen molar-refractivity contribution >= 4 is 16.6 Å². The van der Waals surface area contributed by atoms with Crippen LogP contribution >= 0.6 is 0 Å². The molecule has 0 saturated carbocycles. The van der Waals surface area contributed by atoms with Crippen LogP contribution in [0.2, 0.25) is 0 Å². The van der Waals surface area contributed by atoms with Crippen LogP contribution < -0.4 is 0 Å². The van der Waals surface area contributed by atoms with Crippen LogP contribution in [0.5, 0.6) is 0 Å². The number of ether oxygens (including phenoxy) is 1. The molecule has 110 valence electrons. The summed E-state index contributed by atoms with van der Waals surface area (Å²) in [6.07, 6.45) is 0.576. The second kappa shape index (κ2) is 6.37. The van der Waals surface area contributed by atoms with Gasteiger partial charge < -0.3 is 4.74 Å². The predicted molar refractivity (Wildman–Crippen MR) is 84.9 cm³/mol. The third-order valence-electron chi connectivity index (χ3n) is 4.20. The monoisotopic (exact) mass is 283 g/mol. The second-order valence-electron chi connectivity index (χ2n) is 5.60. The molecule has 0 aromatic heterocycles. The van der Waals surface area contributed by atoms with Gasteiger partial charge in [-0.2, -0.15) is 0 Å². The molecule has 1 aliphatic rings. The molecule has 0 radical (unpaired) electrons. The molecule has 3 heteroatoms. The maximum atomic E-state index is 12.6. The minimum atomic E-state index is 0.234. The number of benzene rings is 2. The van der Waals surface area contributed by atoms with E-state index in [-0.39, 0.29) is 5.78 Å². The van der Waals surface area contributed by atoms with E-state index in [2.05, 4.69) is 17.9 Å². The summed E-state index contributed by atoms with van der Waals surface area (Å²) in [7, 11) is 0. The van der Waals surface area contributed by atoms with Gasteiger partial charge in [-0.3, -0.25) is 9.69 Å². The molecule has 0 amide bonds. The molecule has 0 spiro atoms. The number of carbonyl (C=O) groups excluding carboxylic acids is 1. The van der Waals surface area contributed by atoms with Crippen LogP contribution in [0, 0.1) is 6.92 Å². The molecule has 21 heavy (non-hydrogen) atoms. The van der Waals surface area contributed by atoms with Crippen LogP contribution in [0.1, 0.15) is 22.3 Å². The molecule has 0 aliphatic carbocycles. The summed E-state index contributed by atoms with van der Waals surface area (Å²) in [4.78, 5) is 14.9. The molecular formula is C18H21NO2. The van der Waals surface area contributed by atoms with Crippen LogP contribution in [0.15, 0.2) is 36.4 Å². The zero-order valence-electron chi connectivity index (χ0n) is 12.5. The maximum absolute atomic E-state index is 12.6. The Kier molecular flexibility index (Phi) is 4.32. The molecule has 3 nitrogen and oxygen atoms in total. The fourth-order valence-corrected chi connectivity index (χ4v) is 2.91. The lowest BCUT2D eigenvalue weighted by molar-refractivity contribution is 0.0370. The zero-order valence-corrected chi connectivity index (χ0v) is 12.5. The Morgan fingerprint density at radius 1 is 1.10 bits per heavy atom. The SMILES string of the molecule is Cc1ccc(C(=O)CCN2CCOCC2)c2ccccc12. The summed E-state index contributed by atoms with van der Waals surface area (Å²) >= 11 is 0. The van der Waals surface area contributed by atoms with Crippen molar-refractivity contribution < 1.29 is 9.53 Å². The van der Waals surface area contributed by atoms with Crippen molar-refractivity contribution in [2.24, 2.45) is 0 Å². The molecular weight excluding hydrogens is 262 g/mol. The first-order chi connectivity index (χ1) is 10.3. The van der Waals surface area contributed by atoms with Gasteiger partial charge in [-0.05, 0) is 23.3 Å². The van der Waals surface area contributed by atoms with Gasteiger partial charge in [0, 0.05) is 31.6 Å². The number of Topliss-reactive ketones (excluding diaryl/α,β-unsaturated/α-hetero) is 1. The highest BCUT2D eigenvalue weighted by atomic mass is 16.5. The van der Waals surface area contributed by atoms with Crippen LogP contribution in [-0.2, 0) is 4.74 Å². The van der Waals surface area contributed by atoms with E-state index in [1.807, 2.05) is 30.3 Å². The van der Waals surface area contributed by atoms with Crippen LogP contribution in [0.3, 0.4) is 0 Å². The molecule has 0 unspecified atom stereocenters. The first-order valence-corrected chi connectivity index (χ1v) is 7.57. The lowest BCUT2D eigenvalue weighted by Crippen LogP contribution is -2.37. The van der Waals surface area contributed by atoms with Crippen molar-refractivity contribution in [1.29, 1.82) is 0 Å². The summed E-state index contributed by atoms with van der Waals surface area (Å²) in [6.45, 7) is 6.34. The lowest BCUT2D eigenvalue weighted by Gasteiger charge is -2.26. The smallest absolute Gasteiger partial charge is 0.164 e. The minimum Gasteiger partial charge on any atom is -0.379 e. The van der Waals surface area contributed by atoms with Gasteiger partial charge in [0.1, 0.15) is 0 Å². The number of fused-ring (bicyclic) bond motifs is 1. The molecule has 0 atom stereocenters. The highest BCUT2D eigenvalue weighted by Crippen LogP contribution is 2.23. The number of rotatable bonds is 4. The Bertz CT molecular complexity index is 645. The van der Waals surface area contributed by atoms with E-state index >= 15 is 0 Å². The number of hydrogen-bond acceptors (Lipinski definition) is 3. The Balaban J connectivity index is 1.77. The summed E-state index contributed by atoms with van der Waals surface area (Å²) in [5.41, 5.74) is 2.07. The van der Waals surface area contributed by atoms with E-state index in [1.54, 1.807) is 0 Å². The Morgan fingerprint density at radius 3 is 2.57 bits per heavy atom. The van der Waals surface area contributed by atoms with Gasteiger partial charge in [0.05, 0.1) is 13.2 Å². The van der Waals surface area contributed by atoms with Crippen LogP contribution in [-0.4, -0.2) is 43.5 Å². The molecule has 1 heterocycles. The molecule has 0 N–H and O–H groups in total. The first-order valence-electron chi connectivity index (χ1n) is 7.57. The summed E-state index contributed by atoms with van der Waals surface area (Å²) in [5.74, 6) is 0.234. The topological polar surface area (TPSA) is 29.5 Å². The number of nitrogens with zero attached hydrogens (tertiary/aromatic N) is 1. The highest BCUT2D eigenvalue weighted by molar-refractivity contribution is 6.08. The van der Waals surface area contributed by atoms with Crippen LogP contribution in [0.4, 0.5) is 0 Å². The molecule has 1 saturated heterocycles. The van der Waals surface area contributed by atoms with Crippen molar-refractivity contribution in [2.45, 2.75) is 13.3 Å². The van der Waals surface area contributed by atoms with Crippen molar-refractivity contribution in [3.63, 3.8) is 0 Å². The molecule has 0 bridgehead atoms. The maximum Gasteiger partial charge on any atom is 0.164 e. The molecule has 2 aromatic carbocycles. The van der Waals surface area contributed by atoms with Crippen molar-refractivity contribution in [1.82, 2.24) is 4.90 Å². The van der Waals surface area contributed by atoms with Gasteiger partial charge in [-0.15, -0.1) is 0 Å². The number of aryl methyl sites for hydroxylation is 1. The number of hydrogen-bond donors (Lipinski definition) is 0. The third-order valence-corrected chi connectivity index (χ3v) is 4.20. The summed E-state index contributed by atoms with van der Waals surface area (Å²) in [5, 5.41) is 2.25. The Morgan fingerprint density at radius 2 is 1.81 bits per heavy atom. The van der Waals surface area contributed by atoms with E-state index in [4.69, 9.17) is 4.74 Å². The zero-order chi connectivity index (χ0) is 14.7. The van der Waals surface area contributed by atoms with Crippen molar-refractivity contribution in [2.75, 3.05) is 32.8 Å². The first kappa shape index (κ1) is 14.2. The van der Waals surface area contributed by atoms with E-state index in [0.29, 0.717) is 6.42 Å². The third kappa shape index (κ3) is 3.14. The van der Waals surface area contributed by atoms with Crippen molar-refractivity contribution in [3.05, 3.63) is 47.5 Å². The molecule has 2 aromatic rings. The Labute approximate surface area is 125 Å². The van der Waals surface area contributed by atoms with Crippen molar-refractivity contribution in [3.8, 4) is 0 Å². The van der Waals surface area contributed by atoms with Gasteiger partial charge in [0.15, 0.2) is 5.78 Å². The molecule has 1 fully saturated rings. The van der Waals surface area contributed by atoms with E-state index < -0.39 is 0 Å². The molecule has 1 aliphatic heterocycles. The number of morpholine rings is 1. The second-order valence-corrected chi connectivity index (χ2v) is 5.60. The average molecular weight is 283 g/mol.